The van der Waals surface area contributed by atoms with Gasteiger partial charge in [-0.25, -0.2) is 0 Å². The average Bonchev–Trinajstić information content (AvgIpc) is 2.67. The smallest absolute Gasteiger partial charge is 0.0831 e. The maximum absolute atomic E-state index is 5.78. The molecule has 0 amide bonds. The molecule has 2 aromatic rings. The van der Waals surface area contributed by atoms with E-state index in [9.17, 15) is 0 Å². The van der Waals surface area contributed by atoms with Gasteiger partial charge in [-0.15, -0.1) is 0 Å². The van der Waals surface area contributed by atoms with E-state index in [0.717, 1.165) is 12.2 Å². The summed E-state index contributed by atoms with van der Waals surface area (Å²) in [5, 5.41) is 7.83. The Morgan fingerprint density at radius 1 is 1.38 bits per heavy atom. The molecule has 84 valence electrons. The van der Waals surface area contributed by atoms with Crippen molar-refractivity contribution in [2.45, 2.75) is 13.1 Å². The Labute approximate surface area is 99.3 Å². The summed E-state index contributed by atoms with van der Waals surface area (Å²) < 4.78 is 1.77. The molecule has 4 nitrogen and oxygen atoms in total. The number of aromatic nitrogens is 3. The van der Waals surface area contributed by atoms with Crippen LogP contribution in [0, 0.1) is 0 Å². The van der Waals surface area contributed by atoms with Crippen molar-refractivity contribution in [1.82, 2.24) is 20.1 Å². The van der Waals surface area contributed by atoms with Gasteiger partial charge in [0.25, 0.3) is 0 Å². The van der Waals surface area contributed by atoms with Crippen LogP contribution in [0.1, 0.15) is 11.3 Å². The highest BCUT2D eigenvalue weighted by atomic mass is 35.5. The van der Waals surface area contributed by atoms with E-state index in [2.05, 4.69) is 21.5 Å². The summed E-state index contributed by atoms with van der Waals surface area (Å²) in [5.41, 5.74) is 2.14. The average molecular weight is 237 g/mol. The zero-order valence-electron chi connectivity index (χ0n) is 9.02. The molecule has 16 heavy (non-hydrogen) atoms. The predicted molar refractivity (Wildman–Crippen MR) is 63.3 cm³/mol. The minimum Gasteiger partial charge on any atom is -0.316 e. The van der Waals surface area contributed by atoms with E-state index in [0.29, 0.717) is 11.6 Å². The lowest BCUT2D eigenvalue weighted by atomic mass is 10.2. The van der Waals surface area contributed by atoms with Gasteiger partial charge in [-0.3, -0.25) is 9.67 Å². The van der Waals surface area contributed by atoms with Crippen LogP contribution in [0.4, 0.5) is 0 Å². The third kappa shape index (κ3) is 2.81. The summed E-state index contributed by atoms with van der Waals surface area (Å²) in [5.74, 6) is 0. The predicted octanol–water partition coefficient (Wildman–Crippen LogP) is 1.70. The topological polar surface area (TPSA) is 42.7 Å². The molecular weight excluding hydrogens is 224 g/mol. The molecule has 0 radical (unpaired) electrons. The van der Waals surface area contributed by atoms with Gasteiger partial charge in [0, 0.05) is 18.9 Å². The van der Waals surface area contributed by atoms with Crippen LogP contribution in [0.2, 0.25) is 5.02 Å². The molecule has 0 bridgehead atoms. The maximum Gasteiger partial charge on any atom is 0.0831 e. The van der Waals surface area contributed by atoms with Crippen LogP contribution in [0.15, 0.2) is 30.7 Å². The number of nitrogens with one attached hydrogen (secondary N) is 1. The SMILES string of the molecule is CNCc1ccc(Cn2cc(Cl)cn2)nc1. The second-order valence-corrected chi connectivity index (χ2v) is 3.98. The van der Waals surface area contributed by atoms with Crippen LogP contribution in [-0.4, -0.2) is 21.8 Å². The first-order chi connectivity index (χ1) is 7.78. The van der Waals surface area contributed by atoms with Crippen molar-refractivity contribution < 1.29 is 0 Å². The molecule has 0 spiro atoms. The van der Waals surface area contributed by atoms with Crippen LogP contribution in [0.3, 0.4) is 0 Å². The van der Waals surface area contributed by atoms with Gasteiger partial charge >= 0.3 is 0 Å². The van der Waals surface area contributed by atoms with E-state index in [-0.39, 0.29) is 0 Å². The lowest BCUT2D eigenvalue weighted by Crippen LogP contribution is -2.07. The first-order valence-corrected chi connectivity index (χ1v) is 5.42. The third-order valence-corrected chi connectivity index (χ3v) is 2.39. The molecule has 0 saturated heterocycles. The minimum atomic E-state index is 0.645. The second kappa shape index (κ2) is 5.09. The molecule has 2 heterocycles. The molecule has 0 aliphatic rings. The number of halogens is 1. The van der Waals surface area contributed by atoms with Gasteiger partial charge in [-0.05, 0) is 18.7 Å². The molecular formula is C11H13ClN4. The highest BCUT2D eigenvalue weighted by Crippen LogP contribution is 2.07. The fraction of sp³-hybridized carbons (Fsp3) is 0.273. The Morgan fingerprint density at radius 2 is 2.25 bits per heavy atom. The van der Waals surface area contributed by atoms with Gasteiger partial charge in [0.05, 0.1) is 23.5 Å². The van der Waals surface area contributed by atoms with Gasteiger partial charge < -0.3 is 5.32 Å². The van der Waals surface area contributed by atoms with Crippen LogP contribution in [0.5, 0.6) is 0 Å². The molecule has 2 rings (SSSR count). The van der Waals surface area contributed by atoms with E-state index in [1.54, 1.807) is 17.1 Å². The molecule has 0 aromatic carbocycles. The monoisotopic (exact) mass is 236 g/mol. The lowest BCUT2D eigenvalue weighted by molar-refractivity contribution is 0.671. The van der Waals surface area contributed by atoms with Crippen molar-refractivity contribution in [1.29, 1.82) is 0 Å². The summed E-state index contributed by atoms with van der Waals surface area (Å²) in [6.07, 6.45) is 5.28. The zero-order valence-corrected chi connectivity index (χ0v) is 9.78. The Kier molecular flexibility index (Phi) is 3.54. The number of nitrogens with zero attached hydrogens (tertiary/aromatic N) is 3. The van der Waals surface area contributed by atoms with Crippen molar-refractivity contribution >= 4 is 11.6 Å². The van der Waals surface area contributed by atoms with Crippen LogP contribution in [-0.2, 0) is 13.1 Å². The van der Waals surface area contributed by atoms with Crippen molar-refractivity contribution in [3.8, 4) is 0 Å². The standard InChI is InChI=1S/C11H13ClN4/c1-13-4-9-2-3-11(14-5-9)8-16-7-10(12)6-15-16/h2-3,5-7,13H,4,8H2,1H3. The van der Waals surface area contributed by atoms with Crippen LogP contribution in [0.25, 0.3) is 0 Å². The summed E-state index contributed by atoms with van der Waals surface area (Å²) in [6, 6.07) is 4.06. The molecule has 0 aliphatic carbocycles. The summed E-state index contributed by atoms with van der Waals surface area (Å²) >= 11 is 5.78. The van der Waals surface area contributed by atoms with Crippen LogP contribution >= 0.6 is 11.6 Å². The molecule has 2 aromatic heterocycles. The number of pyridine rings is 1. The zero-order chi connectivity index (χ0) is 11.4. The number of hydrogen-bond acceptors (Lipinski definition) is 3. The van der Waals surface area contributed by atoms with Crippen molar-refractivity contribution in [2.75, 3.05) is 7.05 Å². The largest absolute Gasteiger partial charge is 0.316 e. The minimum absolute atomic E-state index is 0.645. The fourth-order valence-electron chi connectivity index (χ4n) is 1.45. The third-order valence-electron chi connectivity index (χ3n) is 2.19. The molecule has 0 saturated carbocycles. The number of hydrogen-bond donors (Lipinski definition) is 1. The molecule has 0 aliphatic heterocycles. The summed E-state index contributed by atoms with van der Waals surface area (Å²) in [6.45, 7) is 1.48. The Balaban J connectivity index is 2.05. The second-order valence-electron chi connectivity index (χ2n) is 3.54. The van der Waals surface area contributed by atoms with E-state index >= 15 is 0 Å². The first-order valence-electron chi connectivity index (χ1n) is 5.04. The normalized spacial score (nSPS) is 10.6. The van der Waals surface area contributed by atoms with E-state index in [1.807, 2.05) is 19.3 Å². The van der Waals surface area contributed by atoms with Gasteiger partial charge in [-0.1, -0.05) is 17.7 Å². The van der Waals surface area contributed by atoms with E-state index < -0.39 is 0 Å². The molecule has 5 heteroatoms. The van der Waals surface area contributed by atoms with Gasteiger partial charge in [0.15, 0.2) is 0 Å². The summed E-state index contributed by atoms with van der Waals surface area (Å²) in [7, 11) is 1.92. The Morgan fingerprint density at radius 3 is 2.81 bits per heavy atom. The Hall–Kier alpha value is -1.39. The highest BCUT2D eigenvalue weighted by molar-refractivity contribution is 6.30. The quantitative estimate of drug-likeness (QED) is 0.879. The number of rotatable bonds is 4. The molecule has 1 N–H and O–H groups in total. The Bertz CT molecular complexity index is 449. The summed E-state index contributed by atoms with van der Waals surface area (Å²) in [4.78, 5) is 4.36. The van der Waals surface area contributed by atoms with Gasteiger partial charge in [-0.2, -0.15) is 5.10 Å². The first kappa shape index (κ1) is 11.1. The lowest BCUT2D eigenvalue weighted by Gasteiger charge is -2.03. The van der Waals surface area contributed by atoms with Gasteiger partial charge in [0.2, 0.25) is 0 Å². The van der Waals surface area contributed by atoms with E-state index in [4.69, 9.17) is 11.6 Å². The van der Waals surface area contributed by atoms with Crippen molar-refractivity contribution in [3.05, 3.63) is 47.0 Å². The highest BCUT2D eigenvalue weighted by Gasteiger charge is 1.99. The fourth-order valence-corrected chi connectivity index (χ4v) is 1.60. The van der Waals surface area contributed by atoms with Crippen molar-refractivity contribution in [3.63, 3.8) is 0 Å². The van der Waals surface area contributed by atoms with E-state index in [1.165, 1.54) is 5.56 Å². The maximum atomic E-state index is 5.78. The van der Waals surface area contributed by atoms with Crippen LogP contribution < -0.4 is 5.32 Å². The van der Waals surface area contributed by atoms with Gasteiger partial charge in [0.1, 0.15) is 0 Å². The van der Waals surface area contributed by atoms with Crippen molar-refractivity contribution in [2.24, 2.45) is 0 Å². The molecule has 0 atom stereocenters. The molecule has 0 unspecified atom stereocenters. The molecule has 0 fully saturated rings.